The van der Waals surface area contributed by atoms with Gasteiger partial charge in [-0.05, 0) is 44.4 Å². The minimum absolute atomic E-state index is 0.235. The number of amides is 1. The van der Waals surface area contributed by atoms with E-state index in [4.69, 9.17) is 4.74 Å². The molecule has 118 valence electrons. The van der Waals surface area contributed by atoms with Crippen LogP contribution in [0.4, 0.5) is 0 Å². The zero-order chi connectivity index (χ0) is 15.4. The van der Waals surface area contributed by atoms with Crippen LogP contribution in [-0.2, 0) is 4.79 Å². The smallest absolute Gasteiger partial charge is 0.233 e. The quantitative estimate of drug-likeness (QED) is 0.779. The van der Waals surface area contributed by atoms with Crippen LogP contribution in [0, 0.1) is 0 Å². The van der Waals surface area contributed by atoms with E-state index >= 15 is 0 Å². The number of carbonyl (C=O) groups excluding carboxylic acids is 1. The first-order valence-electron chi connectivity index (χ1n) is 7.70. The maximum Gasteiger partial charge on any atom is 0.233 e. The molecular formula is C16H20N2O2S2. The Morgan fingerprint density at radius 3 is 2.95 bits per heavy atom. The van der Waals surface area contributed by atoms with Gasteiger partial charge in [0.15, 0.2) is 4.34 Å². The molecule has 0 unspecified atom stereocenters. The summed E-state index contributed by atoms with van der Waals surface area (Å²) in [4.78, 5) is 18.8. The van der Waals surface area contributed by atoms with Crippen molar-refractivity contribution in [2.75, 3.05) is 25.4 Å². The third-order valence-electron chi connectivity index (χ3n) is 3.68. The minimum Gasteiger partial charge on any atom is -0.494 e. The zero-order valence-corrected chi connectivity index (χ0v) is 14.3. The Hall–Kier alpha value is -1.27. The number of aromatic nitrogens is 1. The molecule has 1 aromatic heterocycles. The normalized spacial score (nSPS) is 15.2. The predicted octanol–water partition coefficient (Wildman–Crippen LogP) is 3.80. The first-order chi connectivity index (χ1) is 10.8. The summed E-state index contributed by atoms with van der Waals surface area (Å²) in [6, 6.07) is 5.94. The monoisotopic (exact) mass is 336 g/mol. The molecule has 1 aliphatic heterocycles. The van der Waals surface area contributed by atoms with Crippen LogP contribution in [0.15, 0.2) is 22.5 Å². The molecule has 1 fully saturated rings. The van der Waals surface area contributed by atoms with Crippen molar-refractivity contribution in [3.63, 3.8) is 0 Å². The van der Waals surface area contributed by atoms with Crippen molar-refractivity contribution >= 4 is 39.2 Å². The van der Waals surface area contributed by atoms with Gasteiger partial charge in [0.1, 0.15) is 5.75 Å². The number of benzene rings is 1. The van der Waals surface area contributed by atoms with Crippen LogP contribution in [0.5, 0.6) is 5.75 Å². The van der Waals surface area contributed by atoms with Crippen LogP contribution in [0.3, 0.4) is 0 Å². The van der Waals surface area contributed by atoms with E-state index in [1.54, 1.807) is 23.1 Å². The maximum atomic E-state index is 12.2. The zero-order valence-electron chi connectivity index (χ0n) is 12.7. The number of rotatable bonds is 5. The maximum absolute atomic E-state index is 12.2. The van der Waals surface area contributed by atoms with Gasteiger partial charge in [-0.1, -0.05) is 11.8 Å². The Balaban J connectivity index is 1.62. The Morgan fingerprint density at radius 2 is 2.18 bits per heavy atom. The van der Waals surface area contributed by atoms with Gasteiger partial charge in [0.25, 0.3) is 0 Å². The van der Waals surface area contributed by atoms with Crippen LogP contribution < -0.4 is 4.74 Å². The fourth-order valence-electron chi connectivity index (χ4n) is 2.56. The summed E-state index contributed by atoms with van der Waals surface area (Å²) >= 11 is 3.17. The Morgan fingerprint density at radius 1 is 1.36 bits per heavy atom. The van der Waals surface area contributed by atoms with Gasteiger partial charge in [-0.25, -0.2) is 4.98 Å². The number of piperidine rings is 1. The number of thioether (sulfide) groups is 1. The average Bonchev–Trinajstić information content (AvgIpc) is 2.96. The molecule has 0 saturated carbocycles. The first kappa shape index (κ1) is 15.6. The van der Waals surface area contributed by atoms with Crippen molar-refractivity contribution < 1.29 is 9.53 Å². The van der Waals surface area contributed by atoms with E-state index in [1.165, 1.54) is 6.42 Å². The summed E-state index contributed by atoms with van der Waals surface area (Å²) in [6.45, 7) is 4.47. The molecule has 1 amide bonds. The van der Waals surface area contributed by atoms with Crippen molar-refractivity contribution in [1.29, 1.82) is 0 Å². The molecule has 0 aliphatic carbocycles. The van der Waals surface area contributed by atoms with Gasteiger partial charge in [-0.15, -0.1) is 11.3 Å². The van der Waals surface area contributed by atoms with E-state index in [-0.39, 0.29) is 5.91 Å². The fourth-order valence-corrected chi connectivity index (χ4v) is 4.56. The number of fused-ring (bicyclic) bond motifs is 1. The lowest BCUT2D eigenvalue weighted by Gasteiger charge is -2.26. The van der Waals surface area contributed by atoms with Crippen LogP contribution >= 0.6 is 23.1 Å². The summed E-state index contributed by atoms with van der Waals surface area (Å²) < 4.78 is 7.57. The lowest BCUT2D eigenvalue weighted by Crippen LogP contribution is -2.36. The second-order valence-corrected chi connectivity index (χ2v) is 7.53. The lowest BCUT2D eigenvalue weighted by atomic mass is 10.1. The Labute approximate surface area is 138 Å². The molecule has 0 N–H and O–H groups in total. The highest BCUT2D eigenvalue weighted by molar-refractivity contribution is 8.01. The molecule has 0 radical (unpaired) electrons. The molecule has 3 rings (SSSR count). The molecule has 1 saturated heterocycles. The first-order valence-corrected chi connectivity index (χ1v) is 9.50. The Kier molecular flexibility index (Phi) is 5.20. The number of carbonyl (C=O) groups is 1. The lowest BCUT2D eigenvalue weighted by molar-refractivity contribution is -0.129. The molecule has 6 heteroatoms. The average molecular weight is 336 g/mol. The largest absolute Gasteiger partial charge is 0.494 e. The number of hydrogen-bond acceptors (Lipinski definition) is 5. The van der Waals surface area contributed by atoms with Crippen LogP contribution in [0.2, 0.25) is 0 Å². The van der Waals surface area contributed by atoms with Crippen molar-refractivity contribution in [2.45, 2.75) is 30.5 Å². The van der Waals surface area contributed by atoms with Gasteiger partial charge >= 0.3 is 0 Å². The standard InChI is InChI=1S/C16H20N2O2S2/c1-2-20-12-6-7-13-14(10-12)22-16(17-13)21-11-15(19)18-8-4-3-5-9-18/h6-7,10H,2-5,8-9,11H2,1H3. The van der Waals surface area contributed by atoms with E-state index in [1.807, 2.05) is 30.0 Å². The van der Waals surface area contributed by atoms with Crippen LogP contribution in [-0.4, -0.2) is 41.2 Å². The number of likely N-dealkylation sites (tertiary alicyclic amines) is 1. The van der Waals surface area contributed by atoms with E-state index in [9.17, 15) is 4.79 Å². The van der Waals surface area contributed by atoms with Gasteiger partial charge in [-0.3, -0.25) is 4.79 Å². The fraction of sp³-hybridized carbons (Fsp3) is 0.500. The number of thiazole rings is 1. The highest BCUT2D eigenvalue weighted by Gasteiger charge is 2.17. The SMILES string of the molecule is CCOc1ccc2nc(SCC(=O)N3CCCCC3)sc2c1. The summed E-state index contributed by atoms with van der Waals surface area (Å²) in [6.07, 6.45) is 3.52. The second-order valence-electron chi connectivity index (χ2n) is 5.27. The molecule has 22 heavy (non-hydrogen) atoms. The topological polar surface area (TPSA) is 42.4 Å². The molecule has 0 spiro atoms. The van der Waals surface area contributed by atoms with Crippen molar-refractivity contribution in [3.05, 3.63) is 18.2 Å². The van der Waals surface area contributed by atoms with E-state index in [0.29, 0.717) is 12.4 Å². The van der Waals surface area contributed by atoms with E-state index < -0.39 is 0 Å². The third kappa shape index (κ3) is 3.73. The molecule has 0 bridgehead atoms. The van der Waals surface area contributed by atoms with E-state index in [2.05, 4.69) is 4.98 Å². The number of ether oxygens (including phenoxy) is 1. The summed E-state index contributed by atoms with van der Waals surface area (Å²) in [5.41, 5.74) is 0.973. The molecule has 2 heterocycles. The summed E-state index contributed by atoms with van der Waals surface area (Å²) in [7, 11) is 0. The van der Waals surface area contributed by atoms with Gasteiger partial charge in [0.2, 0.25) is 5.91 Å². The van der Waals surface area contributed by atoms with Crippen molar-refractivity contribution in [1.82, 2.24) is 9.88 Å². The Bertz CT molecular complexity index is 651. The van der Waals surface area contributed by atoms with E-state index in [0.717, 1.165) is 46.2 Å². The van der Waals surface area contributed by atoms with Crippen LogP contribution in [0.1, 0.15) is 26.2 Å². The molecular weight excluding hydrogens is 316 g/mol. The predicted molar refractivity (Wildman–Crippen MR) is 91.9 cm³/mol. The molecule has 4 nitrogen and oxygen atoms in total. The highest BCUT2D eigenvalue weighted by Crippen LogP contribution is 2.32. The van der Waals surface area contributed by atoms with Gasteiger partial charge < -0.3 is 9.64 Å². The molecule has 1 aliphatic rings. The van der Waals surface area contributed by atoms with Gasteiger partial charge in [0.05, 0.1) is 22.6 Å². The summed E-state index contributed by atoms with van der Waals surface area (Å²) in [5, 5.41) is 0. The molecule has 2 aromatic rings. The third-order valence-corrected chi connectivity index (χ3v) is 5.83. The number of hydrogen-bond donors (Lipinski definition) is 0. The minimum atomic E-state index is 0.235. The molecule has 1 aromatic carbocycles. The van der Waals surface area contributed by atoms with Gasteiger partial charge in [-0.2, -0.15) is 0 Å². The molecule has 0 atom stereocenters. The van der Waals surface area contributed by atoms with Crippen molar-refractivity contribution in [3.8, 4) is 5.75 Å². The number of nitrogens with zero attached hydrogens (tertiary/aromatic N) is 2. The van der Waals surface area contributed by atoms with Crippen molar-refractivity contribution in [2.24, 2.45) is 0 Å². The summed E-state index contributed by atoms with van der Waals surface area (Å²) in [5.74, 6) is 1.59. The highest BCUT2D eigenvalue weighted by atomic mass is 32.2. The second kappa shape index (κ2) is 7.33. The van der Waals surface area contributed by atoms with Crippen LogP contribution in [0.25, 0.3) is 10.2 Å². The van der Waals surface area contributed by atoms with Gasteiger partial charge in [0, 0.05) is 13.1 Å².